The highest BCUT2D eigenvalue weighted by Gasteiger charge is 2.33. The van der Waals surface area contributed by atoms with Crippen LogP contribution in [0.5, 0.6) is 11.5 Å². The molecule has 9 nitrogen and oxygen atoms in total. The van der Waals surface area contributed by atoms with Gasteiger partial charge >= 0.3 is 5.97 Å². The molecule has 0 radical (unpaired) electrons. The van der Waals surface area contributed by atoms with E-state index in [1.54, 1.807) is 36.6 Å². The fourth-order valence-electron chi connectivity index (χ4n) is 5.85. The number of aromatic carboxylic acids is 1. The van der Waals surface area contributed by atoms with Crippen LogP contribution in [-0.4, -0.2) is 56.5 Å². The molecule has 41 heavy (non-hydrogen) atoms. The van der Waals surface area contributed by atoms with E-state index < -0.39 is 5.97 Å². The molecule has 5 aromatic rings. The molecule has 3 aromatic heterocycles. The molecule has 210 valence electrons. The van der Waals surface area contributed by atoms with E-state index >= 15 is 0 Å². The molecular formula is C31H31N5O4S. The lowest BCUT2D eigenvalue weighted by molar-refractivity contribution is 0.0696. The Morgan fingerprint density at radius 1 is 1.10 bits per heavy atom. The molecule has 0 spiro atoms. The van der Waals surface area contributed by atoms with Gasteiger partial charge in [-0.3, -0.25) is 4.90 Å². The largest absolute Gasteiger partial charge is 0.493 e. The zero-order valence-electron chi connectivity index (χ0n) is 23.2. The van der Waals surface area contributed by atoms with Crippen molar-refractivity contribution >= 4 is 27.5 Å². The van der Waals surface area contributed by atoms with Gasteiger partial charge in [-0.05, 0) is 41.2 Å². The van der Waals surface area contributed by atoms with E-state index in [0.29, 0.717) is 22.8 Å². The number of benzene rings is 2. The Bertz CT molecular complexity index is 1700. The number of hydrogen-bond donors (Lipinski definition) is 1. The number of nitrogens with zero attached hydrogens (tertiary/aromatic N) is 5. The Morgan fingerprint density at radius 2 is 1.90 bits per heavy atom. The van der Waals surface area contributed by atoms with E-state index in [-0.39, 0.29) is 18.0 Å². The van der Waals surface area contributed by atoms with Gasteiger partial charge in [-0.2, -0.15) is 5.10 Å². The fourth-order valence-corrected chi connectivity index (χ4v) is 7.18. The first-order valence-electron chi connectivity index (χ1n) is 13.5. The minimum atomic E-state index is -1.03. The normalized spacial score (nSPS) is 15.1. The molecule has 4 heterocycles. The van der Waals surface area contributed by atoms with Gasteiger partial charge in [-0.15, -0.1) is 11.3 Å². The number of aromatic nitrogens is 4. The summed E-state index contributed by atoms with van der Waals surface area (Å²) in [6, 6.07) is 16.1. The van der Waals surface area contributed by atoms with E-state index in [1.807, 2.05) is 24.3 Å². The molecule has 1 atom stereocenters. The van der Waals surface area contributed by atoms with Crippen molar-refractivity contribution in [1.29, 1.82) is 0 Å². The Labute approximate surface area is 242 Å². The van der Waals surface area contributed by atoms with Gasteiger partial charge in [-0.1, -0.05) is 43.3 Å². The average molecular weight is 570 g/mol. The maximum atomic E-state index is 13.0. The summed E-state index contributed by atoms with van der Waals surface area (Å²) in [6.07, 6.45) is 3.94. The van der Waals surface area contributed by atoms with Crippen LogP contribution in [0.3, 0.4) is 0 Å². The Morgan fingerprint density at radius 3 is 2.59 bits per heavy atom. The molecule has 0 aliphatic carbocycles. The molecular weight excluding hydrogens is 538 g/mol. The number of fused-ring (bicyclic) bond motifs is 3. The number of thiophene rings is 1. The molecule has 0 saturated carbocycles. The lowest BCUT2D eigenvalue weighted by Crippen LogP contribution is -2.32. The van der Waals surface area contributed by atoms with Gasteiger partial charge in [0.25, 0.3) is 0 Å². The first-order chi connectivity index (χ1) is 20.0. The summed E-state index contributed by atoms with van der Waals surface area (Å²) in [5.41, 5.74) is 4.50. The maximum Gasteiger partial charge on any atom is 0.338 e. The van der Waals surface area contributed by atoms with Crippen molar-refractivity contribution in [1.82, 2.24) is 24.6 Å². The predicted octanol–water partition coefficient (Wildman–Crippen LogP) is 5.83. The molecule has 0 bridgehead atoms. The van der Waals surface area contributed by atoms with Crippen LogP contribution < -0.4 is 9.47 Å². The highest BCUT2D eigenvalue weighted by molar-refractivity contribution is 7.19. The number of methoxy groups -OCH3 is 2. The monoisotopic (exact) mass is 569 g/mol. The minimum Gasteiger partial charge on any atom is -0.493 e. The number of rotatable bonds is 9. The van der Waals surface area contributed by atoms with Crippen LogP contribution in [0.15, 0.2) is 61.2 Å². The first kappa shape index (κ1) is 26.9. The van der Waals surface area contributed by atoms with Crippen LogP contribution in [0.4, 0.5) is 0 Å². The number of carbonyl (C=O) groups is 1. The summed E-state index contributed by atoms with van der Waals surface area (Å²) >= 11 is 1.66. The third kappa shape index (κ3) is 5.05. The Kier molecular flexibility index (Phi) is 7.42. The summed E-state index contributed by atoms with van der Waals surface area (Å²) in [4.78, 5) is 26.6. The zero-order valence-corrected chi connectivity index (χ0v) is 24.0. The van der Waals surface area contributed by atoms with Gasteiger partial charge in [0.1, 0.15) is 17.5 Å². The van der Waals surface area contributed by atoms with Gasteiger partial charge in [0.15, 0.2) is 11.5 Å². The molecule has 10 heteroatoms. The maximum absolute atomic E-state index is 13.0. The third-order valence-corrected chi connectivity index (χ3v) is 8.77. The number of hydrogen-bond acceptors (Lipinski definition) is 8. The van der Waals surface area contributed by atoms with E-state index in [1.165, 1.54) is 22.3 Å². The quantitative estimate of drug-likeness (QED) is 0.237. The van der Waals surface area contributed by atoms with Crippen LogP contribution in [0, 0.1) is 0 Å². The summed E-state index contributed by atoms with van der Waals surface area (Å²) in [5.74, 6) is 0.319. The van der Waals surface area contributed by atoms with E-state index in [2.05, 4.69) is 46.2 Å². The van der Waals surface area contributed by atoms with Crippen molar-refractivity contribution < 1.29 is 19.4 Å². The second-order valence-corrected chi connectivity index (χ2v) is 11.2. The SMILES string of the molecule is CCC1CN(Cc2ccccc2)Cc2sc3nc(Cn4cncn4)c(C(=O)O)c(-c4ccc(OC)c(OC)c4)c3c21. The van der Waals surface area contributed by atoms with Crippen molar-refractivity contribution in [3.8, 4) is 22.6 Å². The lowest BCUT2D eigenvalue weighted by Gasteiger charge is -2.33. The molecule has 1 aliphatic heterocycles. The number of ether oxygens (including phenoxy) is 2. The topological polar surface area (TPSA) is 103 Å². The third-order valence-electron chi connectivity index (χ3n) is 7.69. The number of carboxylic acid groups (broad SMARTS) is 1. The van der Waals surface area contributed by atoms with E-state index in [0.717, 1.165) is 41.8 Å². The van der Waals surface area contributed by atoms with E-state index in [4.69, 9.17) is 14.5 Å². The van der Waals surface area contributed by atoms with Gasteiger partial charge in [0.2, 0.25) is 0 Å². The fraction of sp³-hybridized carbons (Fsp3) is 0.290. The number of pyridine rings is 1. The van der Waals surface area contributed by atoms with Crippen molar-refractivity contribution in [3.63, 3.8) is 0 Å². The van der Waals surface area contributed by atoms with Gasteiger partial charge in [-0.25, -0.2) is 19.4 Å². The molecule has 0 fully saturated rings. The average Bonchev–Trinajstić information content (AvgIpc) is 3.63. The van der Waals surface area contributed by atoms with Crippen molar-refractivity contribution in [2.45, 2.75) is 38.9 Å². The van der Waals surface area contributed by atoms with Crippen LogP contribution in [0.1, 0.15) is 51.3 Å². The minimum absolute atomic E-state index is 0.169. The summed E-state index contributed by atoms with van der Waals surface area (Å²) in [6.45, 7) is 4.92. The van der Waals surface area contributed by atoms with Crippen LogP contribution >= 0.6 is 11.3 Å². The molecule has 0 amide bonds. The van der Waals surface area contributed by atoms with Crippen LogP contribution in [-0.2, 0) is 19.6 Å². The highest BCUT2D eigenvalue weighted by atomic mass is 32.1. The summed E-state index contributed by atoms with van der Waals surface area (Å²) < 4.78 is 12.7. The molecule has 1 N–H and O–H groups in total. The molecule has 0 saturated heterocycles. The van der Waals surface area contributed by atoms with Crippen molar-refractivity contribution in [3.05, 3.63) is 88.4 Å². The molecule has 1 unspecified atom stereocenters. The predicted molar refractivity (Wildman–Crippen MR) is 158 cm³/mol. The molecule has 6 rings (SSSR count). The van der Waals surface area contributed by atoms with Gasteiger partial charge in [0.05, 0.1) is 32.0 Å². The van der Waals surface area contributed by atoms with Crippen LogP contribution in [0.2, 0.25) is 0 Å². The molecule has 1 aliphatic rings. The Balaban J connectivity index is 1.58. The lowest BCUT2D eigenvalue weighted by atomic mass is 9.85. The highest BCUT2D eigenvalue weighted by Crippen LogP contribution is 2.48. The smallest absolute Gasteiger partial charge is 0.338 e. The summed E-state index contributed by atoms with van der Waals surface area (Å²) in [5, 5.41) is 15.8. The van der Waals surface area contributed by atoms with Crippen molar-refractivity contribution in [2.75, 3.05) is 20.8 Å². The first-order valence-corrected chi connectivity index (χ1v) is 14.3. The van der Waals surface area contributed by atoms with Gasteiger partial charge < -0.3 is 14.6 Å². The zero-order chi connectivity index (χ0) is 28.5. The van der Waals surface area contributed by atoms with Crippen LogP contribution in [0.25, 0.3) is 21.3 Å². The summed E-state index contributed by atoms with van der Waals surface area (Å²) in [7, 11) is 3.17. The van der Waals surface area contributed by atoms with E-state index in [9.17, 15) is 9.90 Å². The van der Waals surface area contributed by atoms with Crippen molar-refractivity contribution in [2.24, 2.45) is 0 Å². The second kappa shape index (κ2) is 11.3. The van der Waals surface area contributed by atoms with Gasteiger partial charge in [0, 0.05) is 35.5 Å². The molecule has 2 aromatic carbocycles. The number of carboxylic acids is 1. The second-order valence-electron chi connectivity index (χ2n) is 10.2. The standard InChI is InChI=1S/C31H31N5O4S/c1-4-20-14-35(13-19-8-6-5-7-9-19)16-25-26(20)29-27(21-10-11-23(39-2)24(12-21)40-3)28(31(37)38)22(34-30(29)41-25)15-36-18-32-17-33-36/h5-12,17-18,20H,4,13-16H2,1-3H3,(H,37,38). The Hall–Kier alpha value is -4.28.